The van der Waals surface area contributed by atoms with E-state index < -0.39 is 17.4 Å². The van der Waals surface area contributed by atoms with Crippen LogP contribution >= 0.6 is 0 Å². The minimum atomic E-state index is -1.06. The lowest BCUT2D eigenvalue weighted by molar-refractivity contribution is -0.148. The number of carboxylic acid groups (broad SMARTS) is 1. The van der Waals surface area contributed by atoms with Gasteiger partial charge in [-0.1, -0.05) is 6.92 Å². The van der Waals surface area contributed by atoms with Crippen LogP contribution in [0.3, 0.4) is 0 Å². The van der Waals surface area contributed by atoms with Crippen molar-refractivity contribution in [2.75, 3.05) is 32.8 Å². The van der Waals surface area contributed by atoms with E-state index in [0.717, 1.165) is 25.9 Å². The zero-order valence-electron chi connectivity index (χ0n) is 12.7. The molecule has 0 saturated carbocycles. The molecule has 3 atom stereocenters. The number of carbonyl (C=O) groups excluding carboxylic acids is 1. The van der Waals surface area contributed by atoms with Gasteiger partial charge in [0.15, 0.2) is 0 Å². The molecule has 2 fully saturated rings. The topological polar surface area (TPSA) is 90.9 Å². The molecule has 2 aliphatic heterocycles. The van der Waals surface area contributed by atoms with E-state index in [2.05, 4.69) is 22.5 Å². The maximum atomic E-state index is 12.0. The molecular weight excluding hydrogens is 274 g/mol. The highest BCUT2D eigenvalue weighted by atomic mass is 16.5. The van der Waals surface area contributed by atoms with E-state index in [9.17, 15) is 14.7 Å². The first-order valence-electron chi connectivity index (χ1n) is 7.57. The molecule has 2 amide bonds. The number of nitrogens with one attached hydrogen (secondary N) is 2. The monoisotopic (exact) mass is 299 g/mol. The molecule has 21 heavy (non-hydrogen) atoms. The summed E-state index contributed by atoms with van der Waals surface area (Å²) >= 11 is 0. The number of carboxylic acids is 1. The van der Waals surface area contributed by atoms with Gasteiger partial charge in [0.05, 0.1) is 19.3 Å². The highest BCUT2D eigenvalue weighted by Gasteiger charge is 2.47. The van der Waals surface area contributed by atoms with Crippen molar-refractivity contribution in [1.29, 1.82) is 0 Å². The first-order valence-corrected chi connectivity index (χ1v) is 7.57. The molecule has 2 rings (SSSR count). The molecule has 2 saturated heterocycles. The van der Waals surface area contributed by atoms with Crippen molar-refractivity contribution in [2.24, 2.45) is 5.41 Å². The number of carbonyl (C=O) groups is 2. The van der Waals surface area contributed by atoms with Gasteiger partial charge in [0.25, 0.3) is 0 Å². The molecule has 0 bridgehead atoms. The number of nitrogens with zero attached hydrogens (tertiary/aromatic N) is 1. The van der Waals surface area contributed by atoms with Gasteiger partial charge in [0.1, 0.15) is 5.41 Å². The van der Waals surface area contributed by atoms with Crippen molar-refractivity contribution in [3.05, 3.63) is 0 Å². The van der Waals surface area contributed by atoms with E-state index in [1.54, 1.807) is 6.92 Å². The van der Waals surface area contributed by atoms with Crippen LogP contribution in [0.4, 0.5) is 4.79 Å². The van der Waals surface area contributed by atoms with Crippen LogP contribution in [0.1, 0.15) is 26.7 Å². The van der Waals surface area contributed by atoms with Crippen molar-refractivity contribution in [3.8, 4) is 0 Å². The molecule has 0 aromatic heterocycles. The van der Waals surface area contributed by atoms with Crippen LogP contribution in [-0.4, -0.2) is 66.9 Å². The molecule has 7 nitrogen and oxygen atoms in total. The van der Waals surface area contributed by atoms with Crippen LogP contribution in [0.5, 0.6) is 0 Å². The molecule has 7 heteroatoms. The summed E-state index contributed by atoms with van der Waals surface area (Å²) in [5, 5.41) is 14.9. The van der Waals surface area contributed by atoms with E-state index in [0.29, 0.717) is 12.6 Å². The highest BCUT2D eigenvalue weighted by molar-refractivity contribution is 5.79. The lowest BCUT2D eigenvalue weighted by Gasteiger charge is -2.27. The predicted octanol–water partition coefficient (Wildman–Crippen LogP) is 0.260. The maximum Gasteiger partial charge on any atom is 0.315 e. The van der Waals surface area contributed by atoms with Crippen LogP contribution in [0.2, 0.25) is 0 Å². The average Bonchev–Trinajstić information content (AvgIpc) is 3.04. The summed E-state index contributed by atoms with van der Waals surface area (Å²) in [5.74, 6) is -0.946. The third kappa shape index (κ3) is 3.47. The van der Waals surface area contributed by atoms with E-state index in [-0.39, 0.29) is 19.2 Å². The molecule has 3 unspecified atom stereocenters. The fourth-order valence-electron chi connectivity index (χ4n) is 3.05. The van der Waals surface area contributed by atoms with Gasteiger partial charge in [0, 0.05) is 12.6 Å². The molecule has 2 heterocycles. The van der Waals surface area contributed by atoms with Gasteiger partial charge < -0.3 is 20.5 Å². The molecule has 0 spiro atoms. The Morgan fingerprint density at radius 2 is 2.24 bits per heavy atom. The normalized spacial score (nSPS) is 33.0. The van der Waals surface area contributed by atoms with E-state index in [4.69, 9.17) is 4.74 Å². The average molecular weight is 299 g/mol. The first kappa shape index (κ1) is 16.0. The van der Waals surface area contributed by atoms with Crippen molar-refractivity contribution in [2.45, 2.75) is 38.8 Å². The summed E-state index contributed by atoms with van der Waals surface area (Å²) < 4.78 is 5.22. The Balaban J connectivity index is 1.80. The second-order valence-corrected chi connectivity index (χ2v) is 6.07. The largest absolute Gasteiger partial charge is 0.481 e. The standard InChI is InChI=1S/C14H25N3O4/c1-3-17-6-4-5-10(17)7-15-13(20)16-11-8-21-9-14(11,2)12(18)19/h10-11H,3-9H2,1-2H3,(H,18,19)(H2,15,16,20). The maximum absolute atomic E-state index is 12.0. The fourth-order valence-corrected chi connectivity index (χ4v) is 3.05. The Labute approximate surface area is 125 Å². The second kappa shape index (κ2) is 6.62. The molecule has 120 valence electrons. The summed E-state index contributed by atoms with van der Waals surface area (Å²) in [6, 6.07) is -0.437. The summed E-state index contributed by atoms with van der Waals surface area (Å²) in [6.07, 6.45) is 2.25. The number of rotatable bonds is 5. The number of hydrogen-bond acceptors (Lipinski definition) is 4. The number of amides is 2. The van der Waals surface area contributed by atoms with Crippen molar-refractivity contribution in [3.63, 3.8) is 0 Å². The minimum absolute atomic E-state index is 0.125. The Bertz CT molecular complexity index is 404. The van der Waals surface area contributed by atoms with Gasteiger partial charge in [-0.3, -0.25) is 9.69 Å². The highest BCUT2D eigenvalue weighted by Crippen LogP contribution is 2.28. The summed E-state index contributed by atoms with van der Waals surface area (Å²) in [6.45, 7) is 6.74. The molecule has 0 radical (unpaired) electrons. The SMILES string of the molecule is CCN1CCCC1CNC(=O)NC1COCC1(C)C(=O)O. The third-order valence-corrected chi connectivity index (χ3v) is 4.65. The molecule has 2 aliphatic rings. The molecule has 0 aliphatic carbocycles. The molecule has 3 N–H and O–H groups in total. The first-order chi connectivity index (χ1) is 9.97. The van der Waals surface area contributed by atoms with Crippen LogP contribution < -0.4 is 10.6 Å². The van der Waals surface area contributed by atoms with Gasteiger partial charge in [-0.15, -0.1) is 0 Å². The Kier molecular flexibility index (Phi) is 5.05. The smallest absolute Gasteiger partial charge is 0.315 e. The van der Waals surface area contributed by atoms with Crippen LogP contribution in [0, 0.1) is 5.41 Å². The minimum Gasteiger partial charge on any atom is -0.481 e. The van der Waals surface area contributed by atoms with Gasteiger partial charge in [-0.05, 0) is 32.9 Å². The Morgan fingerprint density at radius 1 is 1.48 bits per heavy atom. The number of likely N-dealkylation sites (N-methyl/N-ethyl adjacent to an activating group) is 1. The molecule has 0 aromatic carbocycles. The number of urea groups is 1. The van der Waals surface area contributed by atoms with Crippen molar-refractivity contribution < 1.29 is 19.4 Å². The zero-order valence-corrected chi connectivity index (χ0v) is 12.7. The number of aliphatic carboxylic acids is 1. The van der Waals surface area contributed by atoms with E-state index >= 15 is 0 Å². The van der Waals surface area contributed by atoms with Crippen LogP contribution in [-0.2, 0) is 9.53 Å². The molecule has 0 aromatic rings. The number of hydrogen-bond donors (Lipinski definition) is 3. The summed E-state index contributed by atoms with van der Waals surface area (Å²) in [7, 11) is 0. The van der Waals surface area contributed by atoms with E-state index in [1.807, 2.05) is 0 Å². The fraction of sp³-hybridized carbons (Fsp3) is 0.857. The lowest BCUT2D eigenvalue weighted by atomic mass is 9.85. The van der Waals surface area contributed by atoms with E-state index in [1.165, 1.54) is 0 Å². The lowest BCUT2D eigenvalue weighted by Crippen LogP contribution is -2.53. The zero-order chi connectivity index (χ0) is 15.5. The van der Waals surface area contributed by atoms with Gasteiger partial charge in [-0.2, -0.15) is 0 Å². The Morgan fingerprint density at radius 3 is 2.90 bits per heavy atom. The van der Waals surface area contributed by atoms with Crippen molar-refractivity contribution >= 4 is 12.0 Å². The number of likely N-dealkylation sites (tertiary alicyclic amines) is 1. The van der Waals surface area contributed by atoms with Crippen LogP contribution in [0.25, 0.3) is 0 Å². The van der Waals surface area contributed by atoms with Crippen LogP contribution in [0.15, 0.2) is 0 Å². The quantitative estimate of drug-likeness (QED) is 0.677. The number of ether oxygens (including phenoxy) is 1. The predicted molar refractivity (Wildman–Crippen MR) is 77.2 cm³/mol. The van der Waals surface area contributed by atoms with Gasteiger partial charge in [0.2, 0.25) is 0 Å². The second-order valence-electron chi connectivity index (χ2n) is 6.07. The third-order valence-electron chi connectivity index (χ3n) is 4.65. The van der Waals surface area contributed by atoms with Crippen molar-refractivity contribution in [1.82, 2.24) is 15.5 Å². The molecular formula is C14H25N3O4. The summed E-state index contributed by atoms with van der Waals surface area (Å²) in [5.41, 5.74) is -1.06. The van der Waals surface area contributed by atoms with Gasteiger partial charge >= 0.3 is 12.0 Å². The summed E-state index contributed by atoms with van der Waals surface area (Å²) in [4.78, 5) is 25.6. The Hall–Kier alpha value is -1.34. The van der Waals surface area contributed by atoms with Gasteiger partial charge in [-0.25, -0.2) is 4.79 Å².